The molecule has 1 aliphatic rings. The zero-order valence-electron chi connectivity index (χ0n) is 16.6. The van der Waals surface area contributed by atoms with Crippen LogP contribution in [0.4, 0.5) is 13.2 Å². The van der Waals surface area contributed by atoms with Gasteiger partial charge in [0.05, 0.1) is 6.54 Å². The third-order valence-electron chi connectivity index (χ3n) is 4.15. The van der Waals surface area contributed by atoms with Gasteiger partial charge >= 0.3 is 12.1 Å². The first-order valence-corrected chi connectivity index (χ1v) is 10.0. The number of nitrogens with two attached hydrogens (primary N) is 1. The molecule has 1 atom stereocenters. The second-order valence-electron chi connectivity index (χ2n) is 6.40. The maximum Gasteiger partial charge on any atom is 0.490 e. The molecule has 3 rings (SSSR count). The summed E-state index contributed by atoms with van der Waals surface area (Å²) in [5, 5.41) is 11.9. The molecule has 0 radical (unpaired) electrons. The van der Waals surface area contributed by atoms with E-state index < -0.39 is 18.2 Å². The maximum absolute atomic E-state index is 12.9. The van der Waals surface area contributed by atoms with Gasteiger partial charge in [0.15, 0.2) is 0 Å². The van der Waals surface area contributed by atoms with Gasteiger partial charge in [-0.25, -0.2) is 4.79 Å². The molecule has 0 fully saturated rings. The molecule has 0 spiro atoms. The Labute approximate surface area is 186 Å². The number of amides is 2. The Balaban J connectivity index is 0.000000451. The standard InChI is InChI=1S/C19H19N3O2S.C2HF3O2/c20-13-14-7-9-15(10-8-14)17(19(24)22-11-4-12-25-22)21-18(23)16-5-2-1-3-6-16;3-2(4,5)1(6)7/h1-10,12,17H,11,13,20H2,(H,21,23);(H,6,7). The predicted octanol–water partition coefficient (Wildman–Crippen LogP) is 3.25. The van der Waals surface area contributed by atoms with Crippen LogP contribution in [0.25, 0.3) is 0 Å². The van der Waals surface area contributed by atoms with Crippen molar-refractivity contribution in [3.05, 3.63) is 82.8 Å². The van der Waals surface area contributed by atoms with Crippen molar-refractivity contribution in [2.24, 2.45) is 5.73 Å². The molecule has 32 heavy (non-hydrogen) atoms. The first kappa shape index (κ1) is 25.0. The van der Waals surface area contributed by atoms with Crippen LogP contribution in [0.15, 0.2) is 66.1 Å². The summed E-state index contributed by atoms with van der Waals surface area (Å²) in [6.45, 7) is 0.962. The molecule has 0 bridgehead atoms. The summed E-state index contributed by atoms with van der Waals surface area (Å²) in [5.74, 6) is -3.19. The second kappa shape index (κ2) is 11.3. The number of carbonyl (C=O) groups excluding carboxylic acids is 2. The fraction of sp³-hybridized carbons (Fsp3) is 0.190. The van der Waals surface area contributed by atoms with Gasteiger partial charge in [0, 0.05) is 12.1 Å². The van der Waals surface area contributed by atoms with Crippen molar-refractivity contribution in [2.75, 3.05) is 6.54 Å². The maximum atomic E-state index is 12.9. The average Bonchev–Trinajstić information content (AvgIpc) is 3.32. The summed E-state index contributed by atoms with van der Waals surface area (Å²) in [7, 11) is 0. The SMILES string of the molecule is NCc1ccc(C(NC(=O)c2ccccc2)C(=O)N2CC=CS2)cc1.O=C(O)C(F)(F)F. The monoisotopic (exact) mass is 467 g/mol. The molecule has 1 heterocycles. The van der Waals surface area contributed by atoms with Crippen molar-refractivity contribution in [3.8, 4) is 0 Å². The van der Waals surface area contributed by atoms with Gasteiger partial charge in [-0.3, -0.25) is 13.9 Å². The number of rotatable bonds is 5. The molecule has 1 aliphatic heterocycles. The van der Waals surface area contributed by atoms with E-state index in [9.17, 15) is 22.8 Å². The molecule has 1 unspecified atom stereocenters. The van der Waals surface area contributed by atoms with E-state index in [-0.39, 0.29) is 11.8 Å². The van der Waals surface area contributed by atoms with E-state index in [1.165, 1.54) is 11.9 Å². The van der Waals surface area contributed by atoms with Crippen LogP contribution in [-0.2, 0) is 16.1 Å². The lowest BCUT2D eigenvalue weighted by molar-refractivity contribution is -0.192. The number of alkyl halides is 3. The Hall–Kier alpha value is -3.31. The van der Waals surface area contributed by atoms with Gasteiger partial charge in [0.25, 0.3) is 11.8 Å². The van der Waals surface area contributed by atoms with Gasteiger partial charge in [-0.05, 0) is 40.6 Å². The molecule has 2 aromatic carbocycles. The molecule has 170 valence electrons. The quantitative estimate of drug-likeness (QED) is 0.582. The topological polar surface area (TPSA) is 113 Å². The van der Waals surface area contributed by atoms with Crippen LogP contribution in [-0.4, -0.2) is 39.9 Å². The van der Waals surface area contributed by atoms with Crippen molar-refractivity contribution in [1.29, 1.82) is 0 Å². The van der Waals surface area contributed by atoms with Crippen LogP contribution in [0.3, 0.4) is 0 Å². The Morgan fingerprint density at radius 2 is 1.69 bits per heavy atom. The van der Waals surface area contributed by atoms with Crippen molar-refractivity contribution in [3.63, 3.8) is 0 Å². The number of carboxylic acid groups (broad SMARTS) is 1. The lowest BCUT2D eigenvalue weighted by Gasteiger charge is -2.23. The summed E-state index contributed by atoms with van der Waals surface area (Å²) < 4.78 is 33.4. The van der Waals surface area contributed by atoms with E-state index in [1.54, 1.807) is 28.6 Å². The minimum atomic E-state index is -5.08. The van der Waals surface area contributed by atoms with Gasteiger partial charge in [0.2, 0.25) is 0 Å². The van der Waals surface area contributed by atoms with Crippen LogP contribution in [0.5, 0.6) is 0 Å². The molecular formula is C21H20F3N3O4S. The number of hydrogen-bond acceptors (Lipinski definition) is 5. The predicted molar refractivity (Wildman–Crippen MR) is 113 cm³/mol. The molecule has 2 amide bonds. The Kier molecular flexibility index (Phi) is 8.85. The van der Waals surface area contributed by atoms with Gasteiger partial charge in [-0.1, -0.05) is 48.5 Å². The average molecular weight is 467 g/mol. The largest absolute Gasteiger partial charge is 0.490 e. The molecule has 0 saturated heterocycles. The van der Waals surface area contributed by atoms with Crippen molar-refractivity contribution >= 4 is 29.7 Å². The van der Waals surface area contributed by atoms with Crippen molar-refractivity contribution < 1.29 is 32.7 Å². The number of nitrogens with one attached hydrogen (secondary N) is 1. The molecule has 0 aliphatic carbocycles. The molecule has 11 heteroatoms. The minimum absolute atomic E-state index is 0.153. The number of carboxylic acids is 1. The third kappa shape index (κ3) is 7.13. The zero-order valence-corrected chi connectivity index (χ0v) is 17.4. The summed E-state index contributed by atoms with van der Waals surface area (Å²) in [6, 6.07) is 15.6. The second-order valence-corrected chi connectivity index (χ2v) is 7.32. The molecule has 0 aromatic heterocycles. The summed E-state index contributed by atoms with van der Waals surface area (Å²) in [5.41, 5.74) is 7.86. The number of benzene rings is 2. The first-order valence-electron chi connectivity index (χ1n) is 9.21. The molecule has 7 nitrogen and oxygen atoms in total. The third-order valence-corrected chi connectivity index (χ3v) is 5.05. The number of halogens is 3. The molecule has 2 aromatic rings. The van der Waals surface area contributed by atoms with Gasteiger partial charge in [-0.15, -0.1) is 0 Å². The van der Waals surface area contributed by atoms with Gasteiger partial charge in [0.1, 0.15) is 6.04 Å². The van der Waals surface area contributed by atoms with E-state index >= 15 is 0 Å². The van der Waals surface area contributed by atoms with E-state index in [4.69, 9.17) is 15.6 Å². The summed E-state index contributed by atoms with van der Waals surface area (Å²) in [4.78, 5) is 34.3. The fourth-order valence-electron chi connectivity index (χ4n) is 2.52. The van der Waals surface area contributed by atoms with E-state index in [2.05, 4.69) is 5.32 Å². The zero-order chi connectivity index (χ0) is 23.7. The van der Waals surface area contributed by atoms with Crippen LogP contribution in [0.1, 0.15) is 27.5 Å². The highest BCUT2D eigenvalue weighted by molar-refractivity contribution is 8.00. The van der Waals surface area contributed by atoms with Crippen LogP contribution in [0, 0.1) is 0 Å². The van der Waals surface area contributed by atoms with E-state index in [0.717, 1.165) is 11.1 Å². The van der Waals surface area contributed by atoms with Crippen LogP contribution in [0.2, 0.25) is 0 Å². The van der Waals surface area contributed by atoms with Gasteiger partial charge in [-0.2, -0.15) is 13.2 Å². The lowest BCUT2D eigenvalue weighted by Crippen LogP contribution is -2.39. The number of carbonyl (C=O) groups is 3. The lowest BCUT2D eigenvalue weighted by atomic mass is 10.0. The molecular weight excluding hydrogens is 447 g/mol. The highest BCUT2D eigenvalue weighted by Gasteiger charge is 2.38. The summed E-state index contributed by atoms with van der Waals surface area (Å²) >= 11 is 1.34. The normalized spacial score (nSPS) is 13.7. The first-order chi connectivity index (χ1) is 15.1. The minimum Gasteiger partial charge on any atom is -0.475 e. The number of aliphatic carboxylic acids is 1. The number of hydrogen-bond donors (Lipinski definition) is 3. The molecule has 4 N–H and O–H groups in total. The van der Waals surface area contributed by atoms with E-state index in [0.29, 0.717) is 18.7 Å². The van der Waals surface area contributed by atoms with Crippen LogP contribution < -0.4 is 11.1 Å². The Bertz CT molecular complexity index is 959. The smallest absolute Gasteiger partial charge is 0.475 e. The fourth-order valence-corrected chi connectivity index (χ4v) is 3.22. The Morgan fingerprint density at radius 1 is 1.09 bits per heavy atom. The highest BCUT2D eigenvalue weighted by Crippen LogP contribution is 2.25. The number of nitrogens with zero attached hydrogens (tertiary/aromatic N) is 1. The van der Waals surface area contributed by atoms with Gasteiger partial charge < -0.3 is 16.2 Å². The van der Waals surface area contributed by atoms with Crippen molar-refractivity contribution in [1.82, 2.24) is 9.62 Å². The van der Waals surface area contributed by atoms with Crippen LogP contribution >= 0.6 is 11.9 Å². The van der Waals surface area contributed by atoms with Crippen molar-refractivity contribution in [2.45, 2.75) is 18.8 Å². The Morgan fingerprint density at radius 3 is 2.16 bits per heavy atom. The highest BCUT2D eigenvalue weighted by atomic mass is 32.2. The van der Waals surface area contributed by atoms with E-state index in [1.807, 2.05) is 41.8 Å². The molecule has 0 saturated carbocycles. The summed E-state index contributed by atoms with van der Waals surface area (Å²) in [6.07, 6.45) is -3.17.